The van der Waals surface area contributed by atoms with Crippen LogP contribution in [0.25, 0.3) is 0 Å². The lowest BCUT2D eigenvalue weighted by Crippen LogP contribution is -2.53. The van der Waals surface area contributed by atoms with Gasteiger partial charge in [0.2, 0.25) is 0 Å². The van der Waals surface area contributed by atoms with E-state index in [-0.39, 0.29) is 11.9 Å². The van der Waals surface area contributed by atoms with Gasteiger partial charge in [0.15, 0.2) is 0 Å². The third-order valence-electron chi connectivity index (χ3n) is 7.33. The maximum atomic E-state index is 13.4. The molecule has 1 spiro atoms. The number of cyclic esters (lactones) is 1. The molecule has 1 aliphatic heterocycles. The van der Waals surface area contributed by atoms with Crippen LogP contribution in [0.2, 0.25) is 0 Å². The monoisotopic (exact) mass is 432 g/mol. The standard InChI is InChI=1S/C23H28O8/c1-13-9-17(30-14(2)25)19-16(5-4-7-22(19,12-24)20(26)28-3)23(13)10-18(31-21(23)27)15-6-8-29-11-15/h6,8,11,13,17-18,24H,4-5,7,9-10,12H2,1-3H3/t13-,17+,18+,22-,23-/m1/s1. The molecule has 0 aromatic carbocycles. The van der Waals surface area contributed by atoms with Gasteiger partial charge in [0.25, 0.3) is 0 Å². The lowest BCUT2D eigenvalue weighted by molar-refractivity contribution is -0.161. The van der Waals surface area contributed by atoms with Gasteiger partial charge < -0.3 is 23.7 Å². The highest BCUT2D eigenvalue weighted by atomic mass is 16.6. The second-order valence-electron chi connectivity index (χ2n) is 8.84. The molecule has 0 radical (unpaired) electrons. The number of ether oxygens (including phenoxy) is 3. The normalized spacial score (nSPS) is 35.0. The maximum Gasteiger partial charge on any atom is 0.318 e. The molecular weight excluding hydrogens is 404 g/mol. The van der Waals surface area contributed by atoms with Gasteiger partial charge in [0.1, 0.15) is 17.6 Å². The summed E-state index contributed by atoms with van der Waals surface area (Å²) in [6, 6.07) is 1.77. The summed E-state index contributed by atoms with van der Waals surface area (Å²) in [4.78, 5) is 38.2. The van der Waals surface area contributed by atoms with E-state index in [2.05, 4.69) is 0 Å². The minimum absolute atomic E-state index is 0.188. The van der Waals surface area contributed by atoms with E-state index in [4.69, 9.17) is 18.6 Å². The second kappa shape index (κ2) is 7.82. The van der Waals surface area contributed by atoms with Crippen LogP contribution in [0, 0.1) is 16.7 Å². The zero-order valence-corrected chi connectivity index (χ0v) is 18.0. The SMILES string of the molecule is COC(=O)[C@@]1(CO)CCCC2=C1[C@@H](OC(C)=O)C[C@@H](C)[C@]21C[C@@H](c2ccoc2)OC1=O. The van der Waals surface area contributed by atoms with Gasteiger partial charge in [-0.05, 0) is 48.8 Å². The van der Waals surface area contributed by atoms with Crippen LogP contribution in [0.15, 0.2) is 34.2 Å². The van der Waals surface area contributed by atoms with E-state index in [1.807, 2.05) is 6.92 Å². The number of carbonyl (C=O) groups excluding carboxylic acids is 3. The number of hydrogen-bond donors (Lipinski definition) is 1. The minimum Gasteiger partial charge on any atom is -0.472 e. The zero-order valence-electron chi connectivity index (χ0n) is 18.0. The van der Waals surface area contributed by atoms with Crippen molar-refractivity contribution in [1.29, 1.82) is 0 Å². The first-order chi connectivity index (χ1) is 14.8. The Hall–Kier alpha value is -2.61. The third kappa shape index (κ3) is 3.11. The van der Waals surface area contributed by atoms with Crippen LogP contribution < -0.4 is 0 Å². The predicted octanol–water partition coefficient (Wildman–Crippen LogP) is 2.86. The molecule has 0 amide bonds. The van der Waals surface area contributed by atoms with Crippen molar-refractivity contribution in [3.63, 3.8) is 0 Å². The van der Waals surface area contributed by atoms with Gasteiger partial charge in [-0.25, -0.2) is 0 Å². The van der Waals surface area contributed by atoms with E-state index in [1.165, 1.54) is 20.3 Å². The van der Waals surface area contributed by atoms with Crippen molar-refractivity contribution in [3.8, 4) is 0 Å². The van der Waals surface area contributed by atoms with Crippen LogP contribution >= 0.6 is 0 Å². The van der Waals surface area contributed by atoms with Crippen molar-refractivity contribution < 1.29 is 38.1 Å². The average molecular weight is 432 g/mol. The number of carbonyl (C=O) groups is 3. The molecule has 1 N–H and O–H groups in total. The fourth-order valence-corrected chi connectivity index (χ4v) is 5.92. The first kappa shape index (κ1) is 21.6. The molecule has 31 heavy (non-hydrogen) atoms. The second-order valence-corrected chi connectivity index (χ2v) is 8.84. The first-order valence-corrected chi connectivity index (χ1v) is 10.6. The highest BCUT2D eigenvalue weighted by molar-refractivity contribution is 5.87. The Bertz CT molecular complexity index is 916. The fourth-order valence-electron chi connectivity index (χ4n) is 5.92. The summed E-state index contributed by atoms with van der Waals surface area (Å²) in [6.45, 7) is 2.78. The molecule has 1 saturated heterocycles. The van der Waals surface area contributed by atoms with Crippen LogP contribution in [-0.4, -0.2) is 42.8 Å². The van der Waals surface area contributed by atoms with Crippen LogP contribution in [0.1, 0.15) is 57.6 Å². The largest absolute Gasteiger partial charge is 0.472 e. The number of fused-ring (bicyclic) bond motifs is 1. The van der Waals surface area contributed by atoms with Crippen molar-refractivity contribution in [1.82, 2.24) is 0 Å². The average Bonchev–Trinajstić information content (AvgIpc) is 3.39. The number of esters is 3. The molecule has 1 fully saturated rings. The first-order valence-electron chi connectivity index (χ1n) is 10.6. The van der Waals surface area contributed by atoms with Gasteiger partial charge in [-0.2, -0.15) is 0 Å². The molecule has 1 aromatic heterocycles. The number of methoxy groups -OCH3 is 1. The number of aliphatic hydroxyl groups is 1. The molecule has 8 heteroatoms. The Morgan fingerprint density at radius 3 is 2.74 bits per heavy atom. The predicted molar refractivity (Wildman–Crippen MR) is 106 cm³/mol. The summed E-state index contributed by atoms with van der Waals surface area (Å²) >= 11 is 0. The Morgan fingerprint density at radius 1 is 1.35 bits per heavy atom. The van der Waals surface area contributed by atoms with Gasteiger partial charge >= 0.3 is 17.9 Å². The lowest BCUT2D eigenvalue weighted by Gasteiger charge is -2.50. The van der Waals surface area contributed by atoms with Gasteiger partial charge in [-0.15, -0.1) is 0 Å². The van der Waals surface area contributed by atoms with Crippen molar-refractivity contribution in [2.45, 2.75) is 58.2 Å². The van der Waals surface area contributed by atoms with Crippen LogP contribution in [-0.2, 0) is 28.6 Å². The maximum absolute atomic E-state index is 13.4. The van der Waals surface area contributed by atoms with Crippen molar-refractivity contribution >= 4 is 17.9 Å². The van der Waals surface area contributed by atoms with Crippen LogP contribution in [0.4, 0.5) is 0 Å². The fraction of sp³-hybridized carbons (Fsp3) is 0.609. The molecule has 2 aliphatic carbocycles. The van der Waals surface area contributed by atoms with Gasteiger partial charge in [0, 0.05) is 18.9 Å². The Kier molecular flexibility index (Phi) is 5.45. The summed E-state index contributed by atoms with van der Waals surface area (Å²) in [5.41, 5.74) is -0.254. The topological polar surface area (TPSA) is 112 Å². The Balaban J connectivity index is 1.90. The molecular formula is C23H28O8. The van der Waals surface area contributed by atoms with Gasteiger partial charge in [0.05, 0.1) is 31.7 Å². The zero-order chi connectivity index (χ0) is 22.4. The summed E-state index contributed by atoms with van der Waals surface area (Å²) in [6.07, 6.45) is 4.20. The molecule has 4 rings (SSSR count). The molecule has 168 valence electrons. The Labute approximate surface area is 180 Å². The molecule has 3 aliphatic rings. The summed E-state index contributed by atoms with van der Waals surface area (Å²) < 4.78 is 21.7. The molecule has 1 aromatic rings. The third-order valence-corrected chi connectivity index (χ3v) is 7.33. The van der Waals surface area contributed by atoms with Crippen molar-refractivity contribution in [2.75, 3.05) is 13.7 Å². The lowest BCUT2D eigenvalue weighted by atomic mass is 9.53. The van der Waals surface area contributed by atoms with E-state index < -0.39 is 41.6 Å². The van der Waals surface area contributed by atoms with Crippen molar-refractivity contribution in [3.05, 3.63) is 35.3 Å². The van der Waals surface area contributed by atoms with Gasteiger partial charge in [-0.3, -0.25) is 14.4 Å². The smallest absolute Gasteiger partial charge is 0.318 e. The molecule has 0 saturated carbocycles. The summed E-state index contributed by atoms with van der Waals surface area (Å²) in [7, 11) is 1.27. The summed E-state index contributed by atoms with van der Waals surface area (Å²) in [5.74, 6) is -1.60. The van der Waals surface area contributed by atoms with Crippen LogP contribution in [0.5, 0.6) is 0 Å². The number of furan rings is 1. The van der Waals surface area contributed by atoms with Crippen molar-refractivity contribution in [2.24, 2.45) is 16.7 Å². The molecule has 8 nitrogen and oxygen atoms in total. The molecule has 0 unspecified atom stereocenters. The van der Waals surface area contributed by atoms with Gasteiger partial charge in [-0.1, -0.05) is 6.92 Å². The molecule has 2 heterocycles. The summed E-state index contributed by atoms with van der Waals surface area (Å²) in [5, 5.41) is 10.4. The number of hydrogen-bond acceptors (Lipinski definition) is 8. The number of rotatable bonds is 4. The highest BCUT2D eigenvalue weighted by Gasteiger charge is 2.63. The quantitative estimate of drug-likeness (QED) is 0.439. The highest BCUT2D eigenvalue weighted by Crippen LogP contribution is 2.62. The van der Waals surface area contributed by atoms with Crippen LogP contribution in [0.3, 0.4) is 0 Å². The molecule has 0 bridgehead atoms. The Morgan fingerprint density at radius 2 is 2.13 bits per heavy atom. The molecule has 5 atom stereocenters. The van der Waals surface area contributed by atoms with E-state index in [0.717, 1.165) is 11.1 Å². The number of aliphatic hydroxyl groups excluding tert-OH is 1. The van der Waals surface area contributed by atoms with E-state index in [1.54, 1.807) is 12.3 Å². The van der Waals surface area contributed by atoms with E-state index >= 15 is 0 Å². The minimum atomic E-state index is -1.34. The van der Waals surface area contributed by atoms with E-state index in [0.29, 0.717) is 37.7 Å². The van der Waals surface area contributed by atoms with E-state index in [9.17, 15) is 19.5 Å².